The molecule has 0 bridgehead atoms. The minimum absolute atomic E-state index is 0.235. The highest BCUT2D eigenvalue weighted by atomic mass is 28.3. The van der Waals surface area contributed by atoms with Crippen molar-refractivity contribution in [3.63, 3.8) is 0 Å². The monoisotopic (exact) mass is 606 g/mol. The van der Waals surface area contributed by atoms with E-state index >= 15 is 0 Å². The second-order valence-corrected chi connectivity index (χ2v) is 16.8. The summed E-state index contributed by atoms with van der Waals surface area (Å²) in [5, 5.41) is 10.5. The molecule has 0 heterocycles. The maximum Gasteiger partial charge on any atom is 0.336 e. The summed E-state index contributed by atoms with van der Waals surface area (Å²) in [5.41, 5.74) is 10.4. The van der Waals surface area contributed by atoms with Crippen molar-refractivity contribution in [2.24, 2.45) is 0 Å². The number of carbonyl (C=O) groups is 2. The molecule has 1 N–H and O–H groups in total. The van der Waals surface area contributed by atoms with Gasteiger partial charge in [-0.05, 0) is 77.2 Å². The molecule has 45 heavy (non-hydrogen) atoms. The molecule has 0 aliphatic rings. The van der Waals surface area contributed by atoms with Crippen LogP contribution < -0.4 is 0 Å². The van der Waals surface area contributed by atoms with Crippen molar-refractivity contribution in [3.05, 3.63) is 118 Å². The molecule has 0 amide bonds. The van der Waals surface area contributed by atoms with Crippen molar-refractivity contribution in [2.45, 2.75) is 58.7 Å². The van der Waals surface area contributed by atoms with Gasteiger partial charge in [-0.3, -0.25) is 4.79 Å². The minimum Gasteiger partial charge on any atom is -0.478 e. The average molecular weight is 607 g/mol. The molecule has 4 aromatic carbocycles. The van der Waals surface area contributed by atoms with Gasteiger partial charge in [-0.25, -0.2) is 4.79 Å². The van der Waals surface area contributed by atoms with Gasteiger partial charge in [-0.1, -0.05) is 112 Å². The van der Waals surface area contributed by atoms with Crippen molar-refractivity contribution in [2.75, 3.05) is 0 Å². The molecule has 0 atom stereocenters. The van der Waals surface area contributed by atoms with Crippen molar-refractivity contribution < 1.29 is 14.7 Å². The molecule has 0 saturated carbocycles. The topological polar surface area (TPSA) is 54.4 Å². The summed E-state index contributed by atoms with van der Waals surface area (Å²) in [6.45, 7) is 8.81. The van der Waals surface area contributed by atoms with E-state index < -0.39 is 14.0 Å². The lowest BCUT2D eigenvalue weighted by atomic mass is 9.89. The smallest absolute Gasteiger partial charge is 0.336 e. The summed E-state index contributed by atoms with van der Waals surface area (Å²) in [6, 6.07) is 26.3. The number of hydrogen-bond acceptors (Lipinski definition) is 2. The first-order valence-corrected chi connectivity index (χ1v) is 18.9. The van der Waals surface area contributed by atoms with Crippen molar-refractivity contribution in [1.82, 2.24) is 0 Å². The Labute approximate surface area is 268 Å². The summed E-state index contributed by atoms with van der Waals surface area (Å²) in [5.74, 6) is 15.2. The van der Waals surface area contributed by atoms with E-state index in [1.165, 1.54) is 12.8 Å². The Hall–Kier alpha value is -5.08. The van der Waals surface area contributed by atoms with Gasteiger partial charge in [0.2, 0.25) is 0 Å². The van der Waals surface area contributed by atoms with Gasteiger partial charge < -0.3 is 5.11 Å². The molecule has 4 aromatic rings. The fourth-order valence-corrected chi connectivity index (χ4v) is 5.24. The van der Waals surface area contributed by atoms with E-state index in [4.69, 9.17) is 0 Å². The number of unbranched alkanes of at least 4 members (excludes halogenated alkanes) is 4. The number of carboxylic acid groups (broad SMARTS) is 1. The van der Waals surface area contributed by atoms with E-state index in [2.05, 4.69) is 61.7 Å². The number of carbonyl (C=O) groups excluding carboxylic acids is 1. The molecule has 3 nitrogen and oxygen atoms in total. The highest BCUT2D eigenvalue weighted by molar-refractivity contribution is 6.83. The van der Waals surface area contributed by atoms with Crippen LogP contribution in [0.25, 0.3) is 22.3 Å². The van der Waals surface area contributed by atoms with Gasteiger partial charge in [0.05, 0.1) is 5.56 Å². The molecule has 224 valence electrons. The van der Waals surface area contributed by atoms with Gasteiger partial charge in [0, 0.05) is 34.2 Å². The molecule has 0 unspecified atom stereocenters. The summed E-state index contributed by atoms with van der Waals surface area (Å²) >= 11 is 0. The highest BCUT2D eigenvalue weighted by Gasteiger charge is 2.20. The van der Waals surface area contributed by atoms with Crippen molar-refractivity contribution >= 4 is 20.3 Å². The van der Waals surface area contributed by atoms with Gasteiger partial charge in [0.1, 0.15) is 14.4 Å². The Kier molecular flexibility index (Phi) is 11.4. The Balaban J connectivity index is 1.75. The highest BCUT2D eigenvalue weighted by Crippen LogP contribution is 2.34. The zero-order chi connectivity index (χ0) is 32.2. The third kappa shape index (κ3) is 9.71. The summed E-state index contributed by atoms with van der Waals surface area (Å²) in [6.07, 6.45) is 6.21. The van der Waals surface area contributed by atoms with Crippen LogP contribution in [0.3, 0.4) is 0 Å². The predicted molar refractivity (Wildman–Crippen MR) is 188 cm³/mol. The summed E-state index contributed by atoms with van der Waals surface area (Å²) in [7, 11) is -1.52. The van der Waals surface area contributed by atoms with E-state index in [0.717, 1.165) is 58.9 Å². The van der Waals surface area contributed by atoms with Crippen LogP contribution >= 0.6 is 0 Å². The Morgan fingerprint density at radius 1 is 0.689 bits per heavy atom. The van der Waals surface area contributed by atoms with Crippen LogP contribution in [0.1, 0.15) is 82.0 Å². The number of benzene rings is 4. The van der Waals surface area contributed by atoms with Gasteiger partial charge in [-0.2, -0.15) is 0 Å². The molecule has 0 saturated heterocycles. The quantitative estimate of drug-likeness (QED) is 0.0941. The predicted octanol–water partition coefficient (Wildman–Crippen LogP) is 9.48. The third-order valence-electron chi connectivity index (χ3n) is 7.11. The van der Waals surface area contributed by atoms with Crippen LogP contribution in [-0.2, 0) is 0 Å². The first-order chi connectivity index (χ1) is 21.7. The maximum atomic E-state index is 12.8. The zero-order valence-corrected chi connectivity index (χ0v) is 27.5. The van der Waals surface area contributed by atoms with Crippen LogP contribution in [0, 0.1) is 35.1 Å². The Bertz CT molecular complexity index is 1840. The van der Waals surface area contributed by atoms with Crippen LogP contribution in [0.4, 0.5) is 0 Å². The first kappa shape index (κ1) is 32.8. The molecule has 4 rings (SSSR count). The molecular formula is C41H38O3Si. The number of aromatic carboxylic acids is 1. The lowest BCUT2D eigenvalue weighted by Gasteiger charge is -2.14. The fourth-order valence-electron chi connectivity index (χ4n) is 4.72. The molecule has 0 radical (unpaired) electrons. The Morgan fingerprint density at radius 3 is 1.67 bits per heavy atom. The Morgan fingerprint density at radius 2 is 1.20 bits per heavy atom. The van der Waals surface area contributed by atoms with Gasteiger partial charge in [0.25, 0.3) is 0 Å². The standard InChI is InChI=1S/C41H38O3Si/c1-5-6-7-8-9-10-11-35-28-38(36-22-18-32(19-23-36)13-12-31-14-16-34(30-42)17-15-31)40(41(43)44)39(29-35)37-24-20-33(21-25-37)26-27-45(2,3)4/h14-25,28-30H,5-9H2,1-4H3,(H,43,44). The number of rotatable bonds is 8. The fraction of sp³-hybridized carbons (Fsp3) is 0.220. The molecule has 0 spiro atoms. The second kappa shape index (κ2) is 15.6. The van der Waals surface area contributed by atoms with E-state index in [1.807, 2.05) is 72.8 Å². The third-order valence-corrected chi connectivity index (χ3v) is 7.99. The molecule has 0 aliphatic carbocycles. The van der Waals surface area contributed by atoms with Crippen molar-refractivity contribution in [1.29, 1.82) is 0 Å². The van der Waals surface area contributed by atoms with Crippen LogP contribution in [0.5, 0.6) is 0 Å². The maximum absolute atomic E-state index is 12.8. The SMILES string of the molecule is CCCCCCC#Cc1cc(-c2ccc(C#Cc3ccc(C=O)cc3)cc2)c(C(=O)O)c(-c2ccc(C#C[Si](C)(C)C)cc2)c1. The normalized spacial score (nSPS) is 10.4. The minimum atomic E-state index is -1.52. The second-order valence-electron chi connectivity index (χ2n) is 12.0. The molecular weight excluding hydrogens is 569 g/mol. The van der Waals surface area contributed by atoms with Crippen LogP contribution in [0.2, 0.25) is 19.6 Å². The largest absolute Gasteiger partial charge is 0.478 e. The van der Waals surface area contributed by atoms with E-state index in [1.54, 1.807) is 12.1 Å². The van der Waals surface area contributed by atoms with E-state index in [9.17, 15) is 14.7 Å². The number of aldehydes is 1. The molecule has 0 fully saturated rings. The van der Waals surface area contributed by atoms with Gasteiger partial charge >= 0.3 is 5.97 Å². The molecule has 0 aliphatic heterocycles. The van der Waals surface area contributed by atoms with Gasteiger partial charge in [-0.15, -0.1) is 5.54 Å². The molecule has 4 heteroatoms. The number of hydrogen-bond donors (Lipinski definition) is 1. The summed E-state index contributed by atoms with van der Waals surface area (Å²) in [4.78, 5) is 23.7. The van der Waals surface area contributed by atoms with Gasteiger partial charge in [0.15, 0.2) is 0 Å². The lowest BCUT2D eigenvalue weighted by molar-refractivity contribution is 0.0698. The van der Waals surface area contributed by atoms with Crippen molar-refractivity contribution in [3.8, 4) is 57.4 Å². The first-order valence-electron chi connectivity index (χ1n) is 15.4. The lowest BCUT2D eigenvalue weighted by Crippen LogP contribution is -2.16. The summed E-state index contributed by atoms with van der Waals surface area (Å²) < 4.78 is 0. The average Bonchev–Trinajstić information content (AvgIpc) is 3.04. The van der Waals surface area contributed by atoms with E-state index in [-0.39, 0.29) is 5.56 Å². The van der Waals surface area contributed by atoms with Crippen LogP contribution in [0.15, 0.2) is 84.9 Å². The number of carboxylic acids is 1. The molecule has 0 aromatic heterocycles. The zero-order valence-electron chi connectivity index (χ0n) is 26.5. The van der Waals surface area contributed by atoms with Crippen LogP contribution in [-0.4, -0.2) is 25.4 Å². The van der Waals surface area contributed by atoms with E-state index in [0.29, 0.717) is 16.7 Å².